The second-order valence-corrected chi connectivity index (χ2v) is 5.07. The SMILES string of the molecule is CCOC(=O)N(CC)C1CCN(c2ccc(C)cn2)C1. The largest absolute Gasteiger partial charge is 0.450 e. The Morgan fingerprint density at radius 2 is 2.30 bits per heavy atom. The van der Waals surface area contributed by atoms with Gasteiger partial charge in [-0.15, -0.1) is 0 Å². The van der Waals surface area contributed by atoms with Crippen molar-refractivity contribution >= 4 is 11.9 Å². The molecule has 0 aromatic carbocycles. The molecule has 1 fully saturated rings. The molecule has 2 heterocycles. The molecule has 0 bridgehead atoms. The lowest BCUT2D eigenvalue weighted by Gasteiger charge is -2.27. The van der Waals surface area contributed by atoms with Crippen LogP contribution in [0.15, 0.2) is 18.3 Å². The summed E-state index contributed by atoms with van der Waals surface area (Å²) in [5, 5.41) is 0. The third kappa shape index (κ3) is 3.21. The number of aromatic nitrogens is 1. The molecule has 0 saturated carbocycles. The van der Waals surface area contributed by atoms with Crippen molar-refractivity contribution in [2.75, 3.05) is 31.1 Å². The van der Waals surface area contributed by atoms with Gasteiger partial charge in [0.2, 0.25) is 0 Å². The average Bonchev–Trinajstić information content (AvgIpc) is 2.90. The molecule has 0 radical (unpaired) electrons. The second kappa shape index (κ2) is 6.59. The van der Waals surface area contributed by atoms with Crippen LogP contribution in [0, 0.1) is 6.92 Å². The Morgan fingerprint density at radius 3 is 2.90 bits per heavy atom. The van der Waals surface area contributed by atoms with Crippen LogP contribution in [-0.4, -0.2) is 48.3 Å². The normalized spacial score (nSPS) is 18.1. The van der Waals surface area contributed by atoms with Crippen LogP contribution in [0.4, 0.5) is 10.6 Å². The summed E-state index contributed by atoms with van der Waals surface area (Å²) >= 11 is 0. The van der Waals surface area contributed by atoms with Gasteiger partial charge in [-0.2, -0.15) is 0 Å². The van der Waals surface area contributed by atoms with E-state index in [4.69, 9.17) is 4.74 Å². The van der Waals surface area contributed by atoms with Gasteiger partial charge < -0.3 is 14.5 Å². The summed E-state index contributed by atoms with van der Waals surface area (Å²) in [4.78, 5) is 20.4. The van der Waals surface area contributed by atoms with Crippen molar-refractivity contribution in [3.05, 3.63) is 23.9 Å². The number of nitrogens with zero attached hydrogens (tertiary/aromatic N) is 3. The Bertz CT molecular complexity index is 447. The van der Waals surface area contributed by atoms with Gasteiger partial charge in [0, 0.05) is 25.8 Å². The van der Waals surface area contributed by atoms with Crippen molar-refractivity contribution in [1.29, 1.82) is 0 Å². The minimum absolute atomic E-state index is 0.210. The van der Waals surface area contributed by atoms with Crippen molar-refractivity contribution in [3.63, 3.8) is 0 Å². The third-order valence-corrected chi connectivity index (χ3v) is 3.67. The van der Waals surface area contributed by atoms with E-state index in [0.29, 0.717) is 13.2 Å². The van der Waals surface area contributed by atoms with Crippen LogP contribution in [0.1, 0.15) is 25.8 Å². The van der Waals surface area contributed by atoms with E-state index in [1.165, 1.54) is 0 Å². The minimum atomic E-state index is -0.210. The first-order valence-electron chi connectivity index (χ1n) is 7.26. The van der Waals surface area contributed by atoms with E-state index in [9.17, 15) is 4.79 Å². The molecular weight excluding hydrogens is 254 g/mol. The fourth-order valence-electron chi connectivity index (χ4n) is 2.59. The molecule has 1 aliphatic heterocycles. The van der Waals surface area contributed by atoms with Crippen LogP contribution < -0.4 is 4.90 Å². The highest BCUT2D eigenvalue weighted by atomic mass is 16.6. The monoisotopic (exact) mass is 277 g/mol. The van der Waals surface area contributed by atoms with Crippen LogP contribution in [-0.2, 0) is 4.74 Å². The molecule has 1 atom stereocenters. The van der Waals surface area contributed by atoms with Crippen molar-refractivity contribution in [1.82, 2.24) is 9.88 Å². The highest BCUT2D eigenvalue weighted by Crippen LogP contribution is 2.21. The van der Waals surface area contributed by atoms with Gasteiger partial charge in [-0.05, 0) is 38.8 Å². The van der Waals surface area contributed by atoms with Crippen LogP contribution in [0.3, 0.4) is 0 Å². The molecule has 2 rings (SSSR count). The fraction of sp³-hybridized carbons (Fsp3) is 0.600. The molecule has 1 aliphatic rings. The number of ether oxygens (including phenoxy) is 1. The zero-order chi connectivity index (χ0) is 14.5. The van der Waals surface area contributed by atoms with E-state index >= 15 is 0 Å². The summed E-state index contributed by atoms with van der Waals surface area (Å²) in [6, 6.07) is 4.32. The first-order valence-corrected chi connectivity index (χ1v) is 7.26. The highest BCUT2D eigenvalue weighted by Gasteiger charge is 2.31. The summed E-state index contributed by atoms with van der Waals surface area (Å²) in [7, 11) is 0. The number of carbonyl (C=O) groups excluding carboxylic acids is 1. The minimum Gasteiger partial charge on any atom is -0.450 e. The Morgan fingerprint density at radius 1 is 1.50 bits per heavy atom. The standard InChI is InChI=1S/C15H23N3O2/c1-4-18(15(19)20-5-2)13-8-9-17(11-13)14-7-6-12(3)10-16-14/h6-7,10,13H,4-5,8-9,11H2,1-3H3. The molecule has 0 N–H and O–H groups in total. The van der Waals surface area contributed by atoms with Crippen LogP contribution in [0.5, 0.6) is 0 Å². The molecule has 1 aromatic rings. The maximum absolute atomic E-state index is 11.9. The third-order valence-electron chi connectivity index (χ3n) is 3.67. The number of rotatable bonds is 4. The first-order chi connectivity index (χ1) is 9.65. The van der Waals surface area contributed by atoms with Gasteiger partial charge in [0.15, 0.2) is 0 Å². The van der Waals surface area contributed by atoms with E-state index in [0.717, 1.165) is 30.9 Å². The van der Waals surface area contributed by atoms with Gasteiger partial charge in [-0.1, -0.05) is 6.07 Å². The number of amides is 1. The van der Waals surface area contributed by atoms with E-state index in [-0.39, 0.29) is 12.1 Å². The van der Waals surface area contributed by atoms with E-state index < -0.39 is 0 Å². The lowest BCUT2D eigenvalue weighted by molar-refractivity contribution is 0.0959. The molecule has 1 saturated heterocycles. The first kappa shape index (κ1) is 14.6. The van der Waals surface area contributed by atoms with Crippen LogP contribution >= 0.6 is 0 Å². The molecule has 1 unspecified atom stereocenters. The summed E-state index contributed by atoms with van der Waals surface area (Å²) in [5.74, 6) is 0.984. The van der Waals surface area contributed by atoms with E-state index in [2.05, 4.69) is 16.0 Å². The van der Waals surface area contributed by atoms with Gasteiger partial charge in [-0.25, -0.2) is 9.78 Å². The summed E-state index contributed by atoms with van der Waals surface area (Å²) in [6.45, 7) is 8.71. The molecule has 1 aromatic heterocycles. The van der Waals surface area contributed by atoms with Gasteiger partial charge in [0.05, 0.1) is 12.6 Å². The van der Waals surface area contributed by atoms with Gasteiger partial charge in [0.1, 0.15) is 5.82 Å². The number of likely N-dealkylation sites (N-methyl/N-ethyl adjacent to an activating group) is 1. The molecule has 5 nitrogen and oxygen atoms in total. The Kier molecular flexibility index (Phi) is 4.82. The Balaban J connectivity index is 2.00. The number of anilines is 1. The van der Waals surface area contributed by atoms with E-state index in [1.54, 1.807) is 0 Å². The number of hydrogen-bond acceptors (Lipinski definition) is 4. The molecule has 0 spiro atoms. The molecular formula is C15H23N3O2. The van der Waals surface area contributed by atoms with Gasteiger partial charge in [-0.3, -0.25) is 0 Å². The zero-order valence-corrected chi connectivity index (χ0v) is 12.5. The Hall–Kier alpha value is -1.78. The summed E-state index contributed by atoms with van der Waals surface area (Å²) < 4.78 is 5.12. The maximum Gasteiger partial charge on any atom is 0.410 e. The smallest absolute Gasteiger partial charge is 0.410 e. The summed E-state index contributed by atoms with van der Waals surface area (Å²) in [6.07, 6.45) is 2.63. The second-order valence-electron chi connectivity index (χ2n) is 5.07. The number of carbonyl (C=O) groups is 1. The Labute approximate surface area is 120 Å². The number of aryl methyl sites for hydroxylation is 1. The lowest BCUT2D eigenvalue weighted by atomic mass is 10.2. The predicted molar refractivity (Wildman–Crippen MR) is 79.0 cm³/mol. The van der Waals surface area contributed by atoms with E-state index in [1.807, 2.05) is 37.9 Å². The molecule has 0 aliphatic carbocycles. The molecule has 20 heavy (non-hydrogen) atoms. The van der Waals surface area contributed by atoms with Gasteiger partial charge >= 0.3 is 6.09 Å². The van der Waals surface area contributed by atoms with Gasteiger partial charge in [0.25, 0.3) is 0 Å². The van der Waals surface area contributed by atoms with Crippen molar-refractivity contribution in [2.45, 2.75) is 33.2 Å². The molecule has 1 amide bonds. The molecule has 110 valence electrons. The van der Waals surface area contributed by atoms with Crippen LogP contribution in [0.25, 0.3) is 0 Å². The summed E-state index contributed by atoms with van der Waals surface area (Å²) in [5.41, 5.74) is 1.16. The topological polar surface area (TPSA) is 45.7 Å². The number of pyridine rings is 1. The number of hydrogen-bond donors (Lipinski definition) is 0. The fourth-order valence-corrected chi connectivity index (χ4v) is 2.59. The maximum atomic E-state index is 11.9. The van der Waals surface area contributed by atoms with Crippen molar-refractivity contribution in [3.8, 4) is 0 Å². The highest BCUT2D eigenvalue weighted by molar-refractivity contribution is 5.68. The lowest BCUT2D eigenvalue weighted by Crippen LogP contribution is -2.42. The van der Waals surface area contributed by atoms with Crippen LogP contribution in [0.2, 0.25) is 0 Å². The molecule has 5 heteroatoms. The van der Waals surface area contributed by atoms with Crippen molar-refractivity contribution < 1.29 is 9.53 Å². The quantitative estimate of drug-likeness (QED) is 0.848. The zero-order valence-electron chi connectivity index (χ0n) is 12.5. The predicted octanol–water partition coefficient (Wildman–Crippen LogP) is 2.45. The average molecular weight is 277 g/mol. The van der Waals surface area contributed by atoms with Crippen molar-refractivity contribution in [2.24, 2.45) is 0 Å².